The summed E-state index contributed by atoms with van der Waals surface area (Å²) in [6.07, 6.45) is 4.47. The van der Waals surface area contributed by atoms with Crippen molar-refractivity contribution < 1.29 is 0 Å². The second-order valence-corrected chi connectivity index (χ2v) is 5.55. The molecule has 0 aromatic heterocycles. The molecule has 2 aromatic carbocycles. The van der Waals surface area contributed by atoms with Crippen molar-refractivity contribution in [2.24, 2.45) is 11.5 Å². The van der Waals surface area contributed by atoms with Crippen molar-refractivity contribution in [3.8, 4) is 11.1 Å². The molecule has 2 aromatic rings. The Bertz CT molecular complexity index is 497. The van der Waals surface area contributed by atoms with Crippen molar-refractivity contribution in [2.75, 3.05) is 13.1 Å². The summed E-state index contributed by atoms with van der Waals surface area (Å²) in [5, 5.41) is 0. The monoisotopic (exact) mass is 282 g/mol. The molecule has 4 N–H and O–H groups in total. The first-order valence-corrected chi connectivity index (χ1v) is 7.90. The number of rotatable bonds is 8. The Morgan fingerprint density at radius 2 is 1.19 bits per heavy atom. The van der Waals surface area contributed by atoms with Crippen LogP contribution in [0.25, 0.3) is 11.1 Å². The van der Waals surface area contributed by atoms with Crippen LogP contribution in [0.15, 0.2) is 54.6 Å². The maximum absolute atomic E-state index is 5.66. The minimum Gasteiger partial charge on any atom is -0.330 e. The highest BCUT2D eigenvalue weighted by atomic mass is 14.5. The molecule has 2 rings (SSSR count). The van der Waals surface area contributed by atoms with Crippen LogP contribution in [0.1, 0.15) is 37.2 Å². The van der Waals surface area contributed by atoms with Crippen LogP contribution >= 0.6 is 0 Å². The van der Waals surface area contributed by atoms with Gasteiger partial charge in [0, 0.05) is 0 Å². The summed E-state index contributed by atoms with van der Waals surface area (Å²) in [7, 11) is 0. The van der Waals surface area contributed by atoms with Gasteiger partial charge in [-0.25, -0.2) is 0 Å². The lowest BCUT2D eigenvalue weighted by Crippen LogP contribution is -2.07. The van der Waals surface area contributed by atoms with Gasteiger partial charge in [-0.05, 0) is 61.4 Å². The van der Waals surface area contributed by atoms with E-state index in [0.717, 1.165) is 38.8 Å². The first-order chi connectivity index (χ1) is 10.3. The Hall–Kier alpha value is -1.64. The highest BCUT2D eigenvalue weighted by Crippen LogP contribution is 2.28. The molecule has 0 saturated carbocycles. The van der Waals surface area contributed by atoms with Crippen molar-refractivity contribution in [1.29, 1.82) is 0 Å². The lowest BCUT2D eigenvalue weighted by atomic mass is 9.89. The number of hydrogen-bond acceptors (Lipinski definition) is 2. The molecule has 0 unspecified atom stereocenters. The van der Waals surface area contributed by atoms with Crippen LogP contribution in [0.5, 0.6) is 0 Å². The van der Waals surface area contributed by atoms with Crippen molar-refractivity contribution in [1.82, 2.24) is 0 Å². The fourth-order valence-electron chi connectivity index (χ4n) is 2.78. The SMILES string of the molecule is NCCCC(CCCN)c1ccc(-c2ccccc2)cc1. The molecule has 0 saturated heterocycles. The summed E-state index contributed by atoms with van der Waals surface area (Å²) in [6, 6.07) is 19.5. The van der Waals surface area contributed by atoms with Gasteiger partial charge in [-0.2, -0.15) is 0 Å². The summed E-state index contributed by atoms with van der Waals surface area (Å²) in [5.41, 5.74) is 15.3. The topological polar surface area (TPSA) is 52.0 Å². The normalized spacial score (nSPS) is 11.0. The van der Waals surface area contributed by atoms with Crippen molar-refractivity contribution in [2.45, 2.75) is 31.6 Å². The molecule has 0 aliphatic carbocycles. The predicted octanol–water partition coefficient (Wildman–Crippen LogP) is 3.92. The zero-order valence-corrected chi connectivity index (χ0v) is 12.7. The molecule has 0 atom stereocenters. The number of benzene rings is 2. The van der Waals surface area contributed by atoms with E-state index in [9.17, 15) is 0 Å². The van der Waals surface area contributed by atoms with Crippen LogP contribution in [0.3, 0.4) is 0 Å². The van der Waals surface area contributed by atoms with Crippen molar-refractivity contribution >= 4 is 0 Å². The lowest BCUT2D eigenvalue weighted by molar-refractivity contribution is 0.540. The smallest absolute Gasteiger partial charge is 0.00771 e. The van der Waals surface area contributed by atoms with Crippen LogP contribution in [0.4, 0.5) is 0 Å². The molecule has 112 valence electrons. The van der Waals surface area contributed by atoms with Crippen molar-refractivity contribution in [3.05, 3.63) is 60.2 Å². The molecule has 0 bridgehead atoms. The molecule has 2 nitrogen and oxygen atoms in total. The van der Waals surface area contributed by atoms with Gasteiger partial charge in [0.15, 0.2) is 0 Å². The van der Waals surface area contributed by atoms with Crippen LogP contribution in [-0.2, 0) is 0 Å². The van der Waals surface area contributed by atoms with E-state index in [1.165, 1.54) is 16.7 Å². The van der Waals surface area contributed by atoms with Gasteiger partial charge in [0.05, 0.1) is 0 Å². The predicted molar refractivity (Wildman–Crippen MR) is 91.2 cm³/mol. The molecule has 0 aliphatic heterocycles. The van der Waals surface area contributed by atoms with E-state index in [4.69, 9.17) is 11.5 Å². The first-order valence-electron chi connectivity index (χ1n) is 7.90. The third-order valence-electron chi connectivity index (χ3n) is 4.00. The maximum atomic E-state index is 5.66. The zero-order valence-electron chi connectivity index (χ0n) is 12.7. The van der Waals surface area contributed by atoms with Crippen molar-refractivity contribution in [3.63, 3.8) is 0 Å². The fourth-order valence-corrected chi connectivity index (χ4v) is 2.78. The zero-order chi connectivity index (χ0) is 14.9. The Morgan fingerprint density at radius 1 is 0.667 bits per heavy atom. The molecular formula is C19H26N2. The lowest BCUT2D eigenvalue weighted by Gasteiger charge is -2.17. The molecular weight excluding hydrogens is 256 g/mol. The van der Waals surface area contributed by atoms with E-state index >= 15 is 0 Å². The standard InChI is InChI=1S/C19H26N2/c20-14-4-8-17(9-5-15-21)19-12-10-18(11-13-19)16-6-2-1-3-7-16/h1-3,6-7,10-13,17H,4-5,8-9,14-15,20-21H2. The molecule has 0 radical (unpaired) electrons. The van der Waals surface area contributed by atoms with E-state index in [2.05, 4.69) is 48.5 Å². The van der Waals surface area contributed by atoms with Gasteiger partial charge in [-0.15, -0.1) is 0 Å². The van der Waals surface area contributed by atoms with Crippen LogP contribution in [0, 0.1) is 0 Å². The molecule has 0 fully saturated rings. The Labute approximate surface area is 128 Å². The molecule has 0 spiro atoms. The van der Waals surface area contributed by atoms with Gasteiger partial charge in [0.1, 0.15) is 0 Å². The average Bonchev–Trinajstić information content (AvgIpc) is 2.56. The molecule has 2 heteroatoms. The second kappa shape index (κ2) is 8.60. The van der Waals surface area contributed by atoms with Gasteiger partial charge >= 0.3 is 0 Å². The summed E-state index contributed by atoms with van der Waals surface area (Å²) in [5.74, 6) is 0.585. The summed E-state index contributed by atoms with van der Waals surface area (Å²) in [4.78, 5) is 0. The van der Waals surface area contributed by atoms with Gasteiger partial charge in [0.25, 0.3) is 0 Å². The molecule has 0 amide bonds. The van der Waals surface area contributed by atoms with E-state index in [-0.39, 0.29) is 0 Å². The van der Waals surface area contributed by atoms with Gasteiger partial charge in [0.2, 0.25) is 0 Å². The van der Waals surface area contributed by atoms with Gasteiger partial charge in [-0.3, -0.25) is 0 Å². The summed E-state index contributed by atoms with van der Waals surface area (Å²) >= 11 is 0. The number of hydrogen-bond donors (Lipinski definition) is 2. The van der Waals surface area contributed by atoms with E-state index in [0.29, 0.717) is 5.92 Å². The summed E-state index contributed by atoms with van der Waals surface area (Å²) < 4.78 is 0. The molecule has 0 aliphatic rings. The largest absolute Gasteiger partial charge is 0.330 e. The Kier molecular flexibility index (Phi) is 6.45. The second-order valence-electron chi connectivity index (χ2n) is 5.55. The van der Waals surface area contributed by atoms with Gasteiger partial charge < -0.3 is 11.5 Å². The van der Waals surface area contributed by atoms with Crippen LogP contribution in [0.2, 0.25) is 0 Å². The molecule has 21 heavy (non-hydrogen) atoms. The van der Waals surface area contributed by atoms with Crippen LogP contribution < -0.4 is 11.5 Å². The minimum absolute atomic E-state index is 0.585. The van der Waals surface area contributed by atoms with E-state index in [1.807, 2.05) is 6.07 Å². The third-order valence-corrected chi connectivity index (χ3v) is 4.00. The Balaban J connectivity index is 2.11. The average molecular weight is 282 g/mol. The van der Waals surface area contributed by atoms with E-state index in [1.54, 1.807) is 0 Å². The van der Waals surface area contributed by atoms with E-state index < -0.39 is 0 Å². The first kappa shape index (κ1) is 15.7. The van der Waals surface area contributed by atoms with Crippen LogP contribution in [-0.4, -0.2) is 13.1 Å². The van der Waals surface area contributed by atoms with Gasteiger partial charge in [-0.1, -0.05) is 54.6 Å². The highest BCUT2D eigenvalue weighted by Gasteiger charge is 2.11. The maximum Gasteiger partial charge on any atom is -0.00771 e. The molecule has 0 heterocycles. The Morgan fingerprint density at radius 3 is 1.71 bits per heavy atom. The fraction of sp³-hybridized carbons (Fsp3) is 0.368. The third kappa shape index (κ3) is 4.69. The summed E-state index contributed by atoms with van der Waals surface area (Å²) in [6.45, 7) is 1.53. The number of nitrogens with two attached hydrogens (primary N) is 2. The minimum atomic E-state index is 0.585. The highest BCUT2D eigenvalue weighted by molar-refractivity contribution is 5.63. The quantitative estimate of drug-likeness (QED) is 0.771.